The Labute approximate surface area is 137 Å². The quantitative estimate of drug-likeness (QED) is 0.833. The van der Waals surface area contributed by atoms with Crippen LogP contribution in [0.5, 0.6) is 0 Å². The Morgan fingerprint density at radius 2 is 2.00 bits per heavy atom. The van der Waals surface area contributed by atoms with Gasteiger partial charge in [-0.05, 0) is 38.1 Å². The van der Waals surface area contributed by atoms with Crippen molar-refractivity contribution in [2.24, 2.45) is 5.73 Å². The van der Waals surface area contributed by atoms with Crippen molar-refractivity contribution >= 4 is 11.6 Å². The molecule has 0 bridgehead atoms. The van der Waals surface area contributed by atoms with E-state index in [2.05, 4.69) is 22.2 Å². The summed E-state index contributed by atoms with van der Waals surface area (Å²) < 4.78 is 14.5. The molecule has 0 unspecified atom stereocenters. The summed E-state index contributed by atoms with van der Waals surface area (Å²) in [6.45, 7) is 7.36. The predicted octanol–water partition coefficient (Wildman–Crippen LogP) is 1.49. The topological polar surface area (TPSA) is 61.6 Å². The minimum absolute atomic E-state index is 0.136. The summed E-state index contributed by atoms with van der Waals surface area (Å²) in [5.41, 5.74) is 6.82. The number of halogens is 1. The molecule has 128 valence electrons. The summed E-state index contributed by atoms with van der Waals surface area (Å²) in [5.74, 6) is -0.596. The molecule has 1 aliphatic rings. The first-order chi connectivity index (χ1) is 10.9. The van der Waals surface area contributed by atoms with Crippen LogP contribution in [0.2, 0.25) is 0 Å². The van der Waals surface area contributed by atoms with Gasteiger partial charge in [0.1, 0.15) is 5.82 Å². The fourth-order valence-corrected chi connectivity index (χ4v) is 2.90. The molecule has 0 saturated carbocycles. The first kappa shape index (κ1) is 17.7. The number of piperazine rings is 1. The van der Waals surface area contributed by atoms with E-state index in [4.69, 9.17) is 5.73 Å². The van der Waals surface area contributed by atoms with Gasteiger partial charge in [0.15, 0.2) is 0 Å². The van der Waals surface area contributed by atoms with Crippen molar-refractivity contribution in [3.8, 4) is 0 Å². The van der Waals surface area contributed by atoms with Gasteiger partial charge in [-0.3, -0.25) is 10.1 Å². The van der Waals surface area contributed by atoms with Crippen molar-refractivity contribution in [3.63, 3.8) is 0 Å². The Kier molecular flexibility index (Phi) is 5.96. The summed E-state index contributed by atoms with van der Waals surface area (Å²) in [4.78, 5) is 15.6. The van der Waals surface area contributed by atoms with E-state index in [1.165, 1.54) is 0 Å². The van der Waals surface area contributed by atoms with E-state index in [0.29, 0.717) is 12.1 Å². The van der Waals surface area contributed by atoms with Crippen LogP contribution >= 0.6 is 0 Å². The second kappa shape index (κ2) is 7.75. The van der Waals surface area contributed by atoms with E-state index in [0.717, 1.165) is 31.7 Å². The molecule has 1 amide bonds. The first-order valence-corrected chi connectivity index (χ1v) is 8.20. The zero-order valence-corrected chi connectivity index (χ0v) is 14.2. The molecule has 1 fully saturated rings. The molecule has 2 atom stereocenters. The molecule has 0 aromatic heterocycles. The summed E-state index contributed by atoms with van der Waals surface area (Å²) in [5, 5.41) is 3.15. The van der Waals surface area contributed by atoms with Crippen LogP contribution in [0.15, 0.2) is 18.2 Å². The lowest BCUT2D eigenvalue weighted by Gasteiger charge is -2.34. The molecular weight excluding hydrogens is 295 g/mol. The van der Waals surface area contributed by atoms with Gasteiger partial charge in [-0.1, -0.05) is 13.0 Å². The van der Waals surface area contributed by atoms with Crippen LogP contribution in [-0.2, 0) is 4.79 Å². The molecule has 1 saturated heterocycles. The van der Waals surface area contributed by atoms with Crippen LogP contribution in [-0.4, -0.2) is 50.1 Å². The molecule has 1 aromatic rings. The molecular formula is C17H27FN4O. The lowest BCUT2D eigenvalue weighted by molar-refractivity contribution is -0.120. The van der Waals surface area contributed by atoms with Crippen LogP contribution in [0.1, 0.15) is 31.9 Å². The van der Waals surface area contributed by atoms with Crippen LogP contribution in [0.4, 0.5) is 10.1 Å². The standard InChI is InChI=1S/C17H27FN4O/c1-4-15(17(19)23)20-12(2)13-5-6-16(14(18)11-13)22-9-7-21(3)8-10-22/h5-6,11-12,15,20H,4,7-10H2,1-3H3,(H2,19,23)/t12-,15-/m0/s1. The van der Waals surface area contributed by atoms with Gasteiger partial charge in [-0.25, -0.2) is 4.39 Å². The number of primary amides is 1. The summed E-state index contributed by atoms with van der Waals surface area (Å²) >= 11 is 0. The molecule has 0 radical (unpaired) electrons. The van der Waals surface area contributed by atoms with Crippen LogP contribution in [0, 0.1) is 5.82 Å². The highest BCUT2D eigenvalue weighted by molar-refractivity contribution is 5.79. The largest absolute Gasteiger partial charge is 0.368 e. The van der Waals surface area contributed by atoms with E-state index in [9.17, 15) is 9.18 Å². The third-order valence-electron chi connectivity index (χ3n) is 4.52. The van der Waals surface area contributed by atoms with E-state index in [1.54, 1.807) is 6.07 Å². The lowest BCUT2D eigenvalue weighted by atomic mass is 10.0. The van der Waals surface area contributed by atoms with Crippen molar-refractivity contribution in [2.45, 2.75) is 32.4 Å². The van der Waals surface area contributed by atoms with Gasteiger partial charge in [0, 0.05) is 32.2 Å². The van der Waals surface area contributed by atoms with E-state index < -0.39 is 6.04 Å². The van der Waals surface area contributed by atoms with E-state index >= 15 is 0 Å². The highest BCUT2D eigenvalue weighted by Gasteiger charge is 2.20. The Morgan fingerprint density at radius 1 is 1.35 bits per heavy atom. The number of nitrogens with one attached hydrogen (secondary N) is 1. The van der Waals surface area contributed by atoms with Crippen molar-refractivity contribution in [1.29, 1.82) is 0 Å². The molecule has 1 aromatic carbocycles. The van der Waals surface area contributed by atoms with Crippen LogP contribution in [0.3, 0.4) is 0 Å². The lowest BCUT2D eigenvalue weighted by Crippen LogP contribution is -2.44. The number of nitrogens with two attached hydrogens (primary N) is 1. The third kappa shape index (κ3) is 4.42. The Balaban J connectivity index is 2.07. The molecule has 1 aliphatic heterocycles. The Bertz CT molecular complexity index is 543. The molecule has 6 heteroatoms. The predicted molar refractivity (Wildman–Crippen MR) is 90.9 cm³/mol. The third-order valence-corrected chi connectivity index (χ3v) is 4.52. The molecule has 5 nitrogen and oxygen atoms in total. The maximum Gasteiger partial charge on any atom is 0.234 e. The smallest absolute Gasteiger partial charge is 0.234 e. The molecule has 1 heterocycles. The zero-order chi connectivity index (χ0) is 17.0. The Morgan fingerprint density at radius 3 is 2.52 bits per heavy atom. The number of rotatable bonds is 6. The zero-order valence-electron chi connectivity index (χ0n) is 14.2. The number of likely N-dealkylation sites (N-methyl/N-ethyl adjacent to an activating group) is 1. The average molecular weight is 322 g/mol. The minimum Gasteiger partial charge on any atom is -0.368 e. The fraction of sp³-hybridized carbons (Fsp3) is 0.588. The van der Waals surface area contributed by atoms with Gasteiger partial charge in [0.05, 0.1) is 11.7 Å². The number of anilines is 1. The van der Waals surface area contributed by atoms with Crippen molar-refractivity contribution in [1.82, 2.24) is 10.2 Å². The number of benzene rings is 1. The average Bonchev–Trinajstić information content (AvgIpc) is 2.53. The SMILES string of the molecule is CC[C@H](N[C@@H](C)c1ccc(N2CCN(C)CC2)c(F)c1)C(N)=O. The maximum absolute atomic E-state index is 14.5. The van der Waals surface area contributed by atoms with E-state index in [1.807, 2.05) is 26.0 Å². The molecule has 0 spiro atoms. The molecule has 3 N–H and O–H groups in total. The minimum atomic E-state index is -0.398. The van der Waals surface area contributed by atoms with Gasteiger partial charge in [0.2, 0.25) is 5.91 Å². The van der Waals surface area contributed by atoms with Gasteiger partial charge in [0.25, 0.3) is 0 Å². The van der Waals surface area contributed by atoms with Gasteiger partial charge in [-0.2, -0.15) is 0 Å². The summed E-state index contributed by atoms with van der Waals surface area (Å²) in [6.07, 6.45) is 0.613. The van der Waals surface area contributed by atoms with E-state index in [-0.39, 0.29) is 17.8 Å². The number of hydrogen-bond acceptors (Lipinski definition) is 4. The highest BCUT2D eigenvalue weighted by Crippen LogP contribution is 2.24. The number of amides is 1. The summed E-state index contributed by atoms with van der Waals surface area (Å²) in [7, 11) is 2.08. The van der Waals surface area contributed by atoms with Crippen molar-refractivity contribution in [3.05, 3.63) is 29.6 Å². The van der Waals surface area contributed by atoms with Crippen molar-refractivity contribution in [2.75, 3.05) is 38.1 Å². The second-order valence-electron chi connectivity index (χ2n) is 6.25. The fourth-order valence-electron chi connectivity index (χ4n) is 2.90. The van der Waals surface area contributed by atoms with Gasteiger partial charge in [-0.15, -0.1) is 0 Å². The number of carbonyl (C=O) groups excluding carboxylic acids is 1. The highest BCUT2D eigenvalue weighted by atomic mass is 19.1. The van der Waals surface area contributed by atoms with Crippen molar-refractivity contribution < 1.29 is 9.18 Å². The van der Waals surface area contributed by atoms with Gasteiger partial charge >= 0.3 is 0 Å². The number of nitrogens with zero attached hydrogens (tertiary/aromatic N) is 2. The van der Waals surface area contributed by atoms with Crippen LogP contribution < -0.4 is 16.0 Å². The second-order valence-corrected chi connectivity index (χ2v) is 6.25. The maximum atomic E-state index is 14.5. The number of carbonyl (C=O) groups is 1. The monoisotopic (exact) mass is 322 g/mol. The summed E-state index contributed by atoms with van der Waals surface area (Å²) in [6, 6.07) is 4.77. The van der Waals surface area contributed by atoms with Gasteiger partial charge < -0.3 is 15.5 Å². The number of hydrogen-bond donors (Lipinski definition) is 2. The Hall–Kier alpha value is -1.66. The normalized spacial score (nSPS) is 18.7. The molecule has 0 aliphatic carbocycles. The molecule has 23 heavy (non-hydrogen) atoms. The first-order valence-electron chi connectivity index (χ1n) is 8.20. The molecule has 2 rings (SSSR count). The van der Waals surface area contributed by atoms with Crippen LogP contribution in [0.25, 0.3) is 0 Å².